The summed E-state index contributed by atoms with van der Waals surface area (Å²) in [5.74, 6) is 5.07. The normalized spacial score (nSPS) is 54.5. The second-order valence-corrected chi connectivity index (χ2v) is 11.9. The summed E-state index contributed by atoms with van der Waals surface area (Å²) < 4.78 is 0. The third kappa shape index (κ3) is 2.95. The second-order valence-electron chi connectivity index (χ2n) is 11.9. The quantitative estimate of drug-likeness (QED) is 0.613. The number of hydrogen-bond acceptors (Lipinski definition) is 2. The first-order chi connectivity index (χ1) is 13.3. The molecule has 0 radical (unpaired) electrons. The maximum Gasteiger partial charge on any atom is 0.0602 e. The van der Waals surface area contributed by atoms with E-state index in [1.807, 2.05) is 0 Å². The van der Waals surface area contributed by atoms with E-state index in [1.165, 1.54) is 44.9 Å². The lowest BCUT2D eigenvalue weighted by Crippen LogP contribution is -2.61. The topological polar surface area (TPSA) is 40.5 Å². The summed E-state index contributed by atoms with van der Waals surface area (Å²) in [4.78, 5) is 0. The summed E-state index contributed by atoms with van der Waals surface area (Å²) in [6.45, 7) is 12.2. The highest BCUT2D eigenvalue weighted by molar-refractivity contribution is 5.14. The SMILES string of the molecule is CCCC(C)C1CCC2C3C(CC)CC4CC(O)CCC4(C)C3CC(O)C12C. The minimum atomic E-state index is -0.134. The summed E-state index contributed by atoms with van der Waals surface area (Å²) in [7, 11) is 0. The number of fused-ring (bicyclic) bond motifs is 5. The Morgan fingerprint density at radius 2 is 1.71 bits per heavy atom. The first kappa shape index (κ1) is 21.2. The second kappa shape index (κ2) is 7.56. The molecule has 0 aliphatic heterocycles. The van der Waals surface area contributed by atoms with Gasteiger partial charge in [-0.25, -0.2) is 0 Å². The molecule has 2 N–H and O–H groups in total. The maximum absolute atomic E-state index is 11.6. The molecule has 0 heterocycles. The fraction of sp³-hybridized carbons (Fsp3) is 1.00. The minimum absolute atomic E-state index is 0.0864. The molecule has 4 aliphatic rings. The predicted molar refractivity (Wildman–Crippen MR) is 116 cm³/mol. The van der Waals surface area contributed by atoms with Crippen molar-refractivity contribution in [3.63, 3.8) is 0 Å². The number of hydrogen-bond donors (Lipinski definition) is 2. The fourth-order valence-electron chi connectivity index (χ4n) is 9.42. The van der Waals surface area contributed by atoms with E-state index in [9.17, 15) is 10.2 Å². The molecular weight excluding hydrogens is 344 g/mol. The van der Waals surface area contributed by atoms with Gasteiger partial charge in [0.25, 0.3) is 0 Å². The zero-order valence-electron chi connectivity index (χ0n) is 19.2. The fourth-order valence-corrected chi connectivity index (χ4v) is 9.42. The highest BCUT2D eigenvalue weighted by Gasteiger charge is 2.65. The van der Waals surface area contributed by atoms with Crippen LogP contribution in [-0.2, 0) is 0 Å². The Hall–Kier alpha value is -0.0800. The third-order valence-electron chi connectivity index (χ3n) is 11.0. The predicted octanol–water partition coefficient (Wildman–Crippen LogP) is 6.05. The molecule has 4 aliphatic carbocycles. The van der Waals surface area contributed by atoms with E-state index in [1.54, 1.807) is 0 Å². The molecule has 0 bridgehead atoms. The summed E-state index contributed by atoms with van der Waals surface area (Å²) in [6, 6.07) is 0. The third-order valence-corrected chi connectivity index (χ3v) is 11.0. The largest absolute Gasteiger partial charge is 0.393 e. The van der Waals surface area contributed by atoms with Crippen molar-refractivity contribution >= 4 is 0 Å². The van der Waals surface area contributed by atoms with Gasteiger partial charge in [-0.2, -0.15) is 0 Å². The van der Waals surface area contributed by atoms with Crippen LogP contribution in [0.4, 0.5) is 0 Å². The number of aliphatic hydroxyl groups is 2. The Morgan fingerprint density at radius 1 is 0.964 bits per heavy atom. The van der Waals surface area contributed by atoms with Crippen LogP contribution < -0.4 is 0 Å². The van der Waals surface area contributed by atoms with Gasteiger partial charge in [0.05, 0.1) is 12.2 Å². The van der Waals surface area contributed by atoms with Crippen LogP contribution in [0.2, 0.25) is 0 Å². The van der Waals surface area contributed by atoms with Crippen molar-refractivity contribution in [3.8, 4) is 0 Å². The molecule has 28 heavy (non-hydrogen) atoms. The molecule has 2 heteroatoms. The molecule has 11 atom stereocenters. The van der Waals surface area contributed by atoms with E-state index < -0.39 is 0 Å². The molecule has 0 aromatic heterocycles. The van der Waals surface area contributed by atoms with Gasteiger partial charge in [-0.3, -0.25) is 0 Å². The van der Waals surface area contributed by atoms with E-state index in [0.717, 1.165) is 37.0 Å². The molecule has 0 saturated heterocycles. The van der Waals surface area contributed by atoms with Crippen LogP contribution in [0.5, 0.6) is 0 Å². The Kier molecular flexibility index (Phi) is 5.71. The molecule has 4 fully saturated rings. The average molecular weight is 391 g/mol. The van der Waals surface area contributed by atoms with E-state index in [-0.39, 0.29) is 17.6 Å². The van der Waals surface area contributed by atoms with Gasteiger partial charge < -0.3 is 10.2 Å². The van der Waals surface area contributed by atoms with E-state index >= 15 is 0 Å². The van der Waals surface area contributed by atoms with E-state index in [0.29, 0.717) is 29.1 Å². The lowest BCUT2D eigenvalue weighted by molar-refractivity contribution is -0.193. The Balaban J connectivity index is 1.68. The van der Waals surface area contributed by atoms with Gasteiger partial charge in [-0.05, 0) is 97.2 Å². The molecule has 4 saturated carbocycles. The van der Waals surface area contributed by atoms with Crippen molar-refractivity contribution in [2.45, 2.75) is 111 Å². The van der Waals surface area contributed by atoms with Crippen LogP contribution in [0.1, 0.15) is 98.8 Å². The van der Waals surface area contributed by atoms with Crippen molar-refractivity contribution in [3.05, 3.63) is 0 Å². The first-order valence-electron chi connectivity index (χ1n) is 12.6. The zero-order valence-corrected chi connectivity index (χ0v) is 19.2. The molecule has 4 rings (SSSR count). The molecule has 0 aromatic rings. The lowest BCUT2D eigenvalue weighted by Gasteiger charge is -2.64. The Labute approximate surface area is 173 Å². The molecule has 11 unspecified atom stereocenters. The molecule has 0 spiro atoms. The van der Waals surface area contributed by atoms with Crippen LogP contribution in [0.25, 0.3) is 0 Å². The minimum Gasteiger partial charge on any atom is -0.393 e. The maximum atomic E-state index is 11.6. The van der Waals surface area contributed by atoms with Crippen molar-refractivity contribution in [1.29, 1.82) is 0 Å². The summed E-state index contributed by atoms with van der Waals surface area (Å²) in [5.41, 5.74) is 0.464. The number of aliphatic hydroxyl groups excluding tert-OH is 2. The number of rotatable bonds is 4. The van der Waals surface area contributed by atoms with Gasteiger partial charge in [-0.15, -0.1) is 0 Å². The zero-order chi connectivity index (χ0) is 20.3. The standard InChI is InChI=1S/C26H46O2/c1-6-8-16(3)20-9-10-21-24-17(7-2)13-18-14-19(27)11-12-25(18,4)22(24)15-23(28)26(20,21)5/h16-24,27-28H,6-15H2,1-5H3. The lowest BCUT2D eigenvalue weighted by atomic mass is 9.41. The molecule has 2 nitrogen and oxygen atoms in total. The molecule has 0 aromatic carbocycles. The van der Waals surface area contributed by atoms with Crippen LogP contribution >= 0.6 is 0 Å². The van der Waals surface area contributed by atoms with Crippen LogP contribution in [0.15, 0.2) is 0 Å². The van der Waals surface area contributed by atoms with E-state index in [2.05, 4.69) is 34.6 Å². The monoisotopic (exact) mass is 390 g/mol. The molecular formula is C26H46O2. The van der Waals surface area contributed by atoms with Crippen LogP contribution in [-0.4, -0.2) is 22.4 Å². The summed E-state index contributed by atoms with van der Waals surface area (Å²) >= 11 is 0. The van der Waals surface area contributed by atoms with Gasteiger partial charge >= 0.3 is 0 Å². The summed E-state index contributed by atoms with van der Waals surface area (Å²) in [6.07, 6.45) is 11.8. The van der Waals surface area contributed by atoms with Crippen molar-refractivity contribution in [2.24, 2.45) is 52.3 Å². The summed E-state index contributed by atoms with van der Waals surface area (Å²) in [5, 5.41) is 22.0. The highest BCUT2D eigenvalue weighted by atomic mass is 16.3. The first-order valence-corrected chi connectivity index (χ1v) is 12.6. The van der Waals surface area contributed by atoms with Gasteiger partial charge in [0.15, 0.2) is 0 Å². The van der Waals surface area contributed by atoms with Gasteiger partial charge in [0.1, 0.15) is 0 Å². The van der Waals surface area contributed by atoms with Gasteiger partial charge in [-0.1, -0.05) is 53.9 Å². The smallest absolute Gasteiger partial charge is 0.0602 e. The average Bonchev–Trinajstić information content (AvgIpc) is 3.02. The van der Waals surface area contributed by atoms with E-state index in [4.69, 9.17) is 0 Å². The van der Waals surface area contributed by atoms with Gasteiger partial charge in [0.2, 0.25) is 0 Å². The molecule has 162 valence electrons. The Morgan fingerprint density at radius 3 is 2.39 bits per heavy atom. The van der Waals surface area contributed by atoms with Gasteiger partial charge in [0, 0.05) is 0 Å². The Bertz CT molecular complexity index is 561. The van der Waals surface area contributed by atoms with Crippen LogP contribution in [0, 0.1) is 52.3 Å². The van der Waals surface area contributed by atoms with Crippen molar-refractivity contribution < 1.29 is 10.2 Å². The van der Waals surface area contributed by atoms with Crippen molar-refractivity contribution in [1.82, 2.24) is 0 Å². The van der Waals surface area contributed by atoms with Crippen molar-refractivity contribution in [2.75, 3.05) is 0 Å². The van der Waals surface area contributed by atoms with Crippen LogP contribution in [0.3, 0.4) is 0 Å². The molecule has 0 amide bonds. The highest BCUT2D eigenvalue weighted by Crippen LogP contribution is 2.69.